The van der Waals surface area contributed by atoms with E-state index in [1.807, 2.05) is 13.0 Å². The van der Waals surface area contributed by atoms with Gasteiger partial charge in [-0.2, -0.15) is 0 Å². The van der Waals surface area contributed by atoms with Crippen LogP contribution in [0.5, 0.6) is 0 Å². The molecule has 84 valence electrons. The highest BCUT2D eigenvalue weighted by Crippen LogP contribution is 2.23. The van der Waals surface area contributed by atoms with Crippen molar-refractivity contribution in [3.63, 3.8) is 0 Å². The number of pyridine rings is 1. The lowest BCUT2D eigenvalue weighted by Gasteiger charge is -2.08. The van der Waals surface area contributed by atoms with Crippen LogP contribution in [0.3, 0.4) is 0 Å². The zero-order valence-corrected chi connectivity index (χ0v) is 9.55. The minimum Gasteiger partial charge on any atom is -0.383 e. The lowest BCUT2D eigenvalue weighted by molar-refractivity contribution is 0.628. The molecule has 16 heavy (non-hydrogen) atoms. The predicted octanol–water partition coefficient (Wildman–Crippen LogP) is 3.22. The minimum atomic E-state index is -0.264. The fourth-order valence-electron chi connectivity index (χ4n) is 1.94. The Morgan fingerprint density at radius 2 is 2.06 bits per heavy atom. The predicted molar refractivity (Wildman–Crippen MR) is 64.8 cm³/mol. The molecule has 0 aliphatic rings. The maximum absolute atomic E-state index is 13.2. The number of halogens is 1. The highest BCUT2D eigenvalue weighted by molar-refractivity contribution is 5.84. The number of anilines is 1. The van der Waals surface area contributed by atoms with Gasteiger partial charge in [-0.15, -0.1) is 0 Å². The number of rotatable bonds is 2. The molecule has 0 aliphatic heterocycles. The normalized spacial score (nSPS) is 10.9. The lowest BCUT2D eigenvalue weighted by Crippen LogP contribution is -1.99. The van der Waals surface area contributed by atoms with Crippen LogP contribution in [0, 0.1) is 12.7 Å². The Kier molecular flexibility index (Phi) is 2.77. The molecular weight excluding hydrogens is 203 g/mol. The summed E-state index contributed by atoms with van der Waals surface area (Å²) in [5.41, 5.74) is 8.42. The molecule has 0 saturated carbocycles. The average Bonchev–Trinajstić information content (AvgIpc) is 2.20. The van der Waals surface area contributed by atoms with Crippen LogP contribution >= 0.6 is 0 Å². The van der Waals surface area contributed by atoms with Gasteiger partial charge in [0.05, 0.1) is 5.52 Å². The maximum atomic E-state index is 13.2. The fraction of sp³-hybridized carbons (Fsp3) is 0.308. The SMILES string of the molecule is CCCc1cc2c(C)cc(F)cc2nc1N. The summed E-state index contributed by atoms with van der Waals surface area (Å²) in [6.07, 6.45) is 1.93. The van der Waals surface area contributed by atoms with Crippen molar-refractivity contribution in [2.45, 2.75) is 26.7 Å². The Balaban J connectivity index is 2.69. The largest absolute Gasteiger partial charge is 0.383 e. The monoisotopic (exact) mass is 218 g/mol. The van der Waals surface area contributed by atoms with Crippen molar-refractivity contribution in [2.24, 2.45) is 0 Å². The molecule has 3 heteroatoms. The van der Waals surface area contributed by atoms with Gasteiger partial charge in [-0.05, 0) is 36.6 Å². The summed E-state index contributed by atoms with van der Waals surface area (Å²) in [6, 6.07) is 4.97. The zero-order chi connectivity index (χ0) is 11.7. The number of aromatic nitrogens is 1. The summed E-state index contributed by atoms with van der Waals surface area (Å²) in [4.78, 5) is 4.25. The van der Waals surface area contributed by atoms with Crippen LogP contribution in [0.15, 0.2) is 18.2 Å². The molecule has 0 bridgehead atoms. The van der Waals surface area contributed by atoms with Crippen LogP contribution in [0.4, 0.5) is 10.2 Å². The first-order valence-electron chi connectivity index (χ1n) is 5.47. The molecule has 0 atom stereocenters. The lowest BCUT2D eigenvalue weighted by atomic mass is 10.0. The highest BCUT2D eigenvalue weighted by Gasteiger charge is 2.06. The topological polar surface area (TPSA) is 38.9 Å². The van der Waals surface area contributed by atoms with Crippen molar-refractivity contribution in [1.29, 1.82) is 0 Å². The average molecular weight is 218 g/mol. The molecule has 0 radical (unpaired) electrons. The van der Waals surface area contributed by atoms with Gasteiger partial charge in [-0.25, -0.2) is 9.37 Å². The third-order valence-electron chi connectivity index (χ3n) is 2.74. The summed E-state index contributed by atoms with van der Waals surface area (Å²) in [7, 11) is 0. The quantitative estimate of drug-likeness (QED) is 0.840. The van der Waals surface area contributed by atoms with Crippen LogP contribution in [-0.4, -0.2) is 4.98 Å². The number of aryl methyl sites for hydroxylation is 2. The van der Waals surface area contributed by atoms with Gasteiger partial charge in [0.25, 0.3) is 0 Å². The molecular formula is C13H15FN2. The Hall–Kier alpha value is -1.64. The summed E-state index contributed by atoms with van der Waals surface area (Å²) in [5, 5.41) is 0.985. The Morgan fingerprint density at radius 1 is 1.31 bits per heavy atom. The zero-order valence-electron chi connectivity index (χ0n) is 9.55. The van der Waals surface area contributed by atoms with E-state index >= 15 is 0 Å². The first kappa shape index (κ1) is 10.9. The Labute approximate surface area is 94.3 Å². The summed E-state index contributed by atoms with van der Waals surface area (Å²) in [5.74, 6) is 0.250. The summed E-state index contributed by atoms with van der Waals surface area (Å²) < 4.78 is 13.2. The Morgan fingerprint density at radius 3 is 2.75 bits per heavy atom. The summed E-state index contributed by atoms with van der Waals surface area (Å²) >= 11 is 0. The first-order valence-corrected chi connectivity index (χ1v) is 5.47. The van der Waals surface area contributed by atoms with Gasteiger partial charge in [-0.1, -0.05) is 13.3 Å². The summed E-state index contributed by atoms with van der Waals surface area (Å²) in [6.45, 7) is 3.99. The molecule has 0 amide bonds. The third-order valence-corrected chi connectivity index (χ3v) is 2.74. The van der Waals surface area contributed by atoms with E-state index in [2.05, 4.69) is 11.9 Å². The van der Waals surface area contributed by atoms with Crippen LogP contribution < -0.4 is 5.73 Å². The molecule has 1 heterocycles. The smallest absolute Gasteiger partial charge is 0.127 e. The van der Waals surface area contributed by atoms with Gasteiger partial charge in [-0.3, -0.25) is 0 Å². The van der Waals surface area contributed by atoms with E-state index in [0.717, 1.165) is 29.4 Å². The number of benzene rings is 1. The van der Waals surface area contributed by atoms with Crippen molar-refractivity contribution in [3.8, 4) is 0 Å². The molecule has 0 fully saturated rings. The molecule has 0 aliphatic carbocycles. The van der Waals surface area contributed by atoms with E-state index in [1.165, 1.54) is 12.1 Å². The van der Waals surface area contributed by atoms with Crippen LogP contribution in [0.2, 0.25) is 0 Å². The van der Waals surface area contributed by atoms with Gasteiger partial charge in [0.15, 0.2) is 0 Å². The van der Waals surface area contributed by atoms with Gasteiger partial charge in [0.1, 0.15) is 11.6 Å². The van der Waals surface area contributed by atoms with Crippen molar-refractivity contribution < 1.29 is 4.39 Å². The second-order valence-electron chi connectivity index (χ2n) is 4.07. The van der Waals surface area contributed by atoms with Crippen LogP contribution in [-0.2, 0) is 6.42 Å². The Bertz CT molecular complexity index is 535. The minimum absolute atomic E-state index is 0.264. The first-order chi connectivity index (χ1) is 7.61. The van der Waals surface area contributed by atoms with E-state index < -0.39 is 0 Å². The van der Waals surface area contributed by atoms with Crippen molar-refractivity contribution in [3.05, 3.63) is 35.1 Å². The fourth-order valence-corrected chi connectivity index (χ4v) is 1.94. The number of nitrogens with two attached hydrogens (primary N) is 1. The molecule has 0 saturated heterocycles. The van der Waals surface area contributed by atoms with E-state index in [4.69, 9.17) is 5.73 Å². The number of hydrogen-bond donors (Lipinski definition) is 1. The van der Waals surface area contributed by atoms with Crippen molar-refractivity contribution in [1.82, 2.24) is 4.98 Å². The molecule has 2 rings (SSSR count). The molecule has 1 aromatic heterocycles. The molecule has 0 spiro atoms. The highest BCUT2D eigenvalue weighted by atomic mass is 19.1. The molecule has 2 N–H and O–H groups in total. The number of hydrogen-bond acceptors (Lipinski definition) is 2. The molecule has 2 aromatic rings. The third kappa shape index (κ3) is 1.85. The van der Waals surface area contributed by atoms with E-state index in [0.29, 0.717) is 11.3 Å². The maximum Gasteiger partial charge on any atom is 0.127 e. The van der Waals surface area contributed by atoms with Crippen molar-refractivity contribution in [2.75, 3.05) is 5.73 Å². The van der Waals surface area contributed by atoms with Crippen LogP contribution in [0.25, 0.3) is 10.9 Å². The standard InChI is InChI=1S/C13H15FN2/c1-3-4-9-6-11-8(2)5-10(14)7-12(11)16-13(9)15/h5-7H,3-4H2,1-2H3,(H2,15,16). The van der Waals surface area contributed by atoms with Gasteiger partial charge in [0.2, 0.25) is 0 Å². The van der Waals surface area contributed by atoms with E-state index in [-0.39, 0.29) is 5.82 Å². The molecule has 0 unspecified atom stereocenters. The van der Waals surface area contributed by atoms with Gasteiger partial charge >= 0.3 is 0 Å². The number of fused-ring (bicyclic) bond motifs is 1. The van der Waals surface area contributed by atoms with E-state index in [9.17, 15) is 4.39 Å². The van der Waals surface area contributed by atoms with E-state index in [1.54, 1.807) is 0 Å². The second kappa shape index (κ2) is 4.08. The van der Waals surface area contributed by atoms with Crippen LogP contribution in [0.1, 0.15) is 24.5 Å². The van der Waals surface area contributed by atoms with Crippen molar-refractivity contribution >= 4 is 16.7 Å². The molecule has 1 aromatic carbocycles. The van der Waals surface area contributed by atoms with Gasteiger partial charge in [0, 0.05) is 11.5 Å². The molecule has 2 nitrogen and oxygen atoms in total. The number of nitrogen functional groups attached to an aromatic ring is 1. The van der Waals surface area contributed by atoms with Gasteiger partial charge < -0.3 is 5.73 Å². The second-order valence-corrected chi connectivity index (χ2v) is 4.07. The number of nitrogens with zero attached hydrogens (tertiary/aromatic N) is 1.